The molecule has 0 saturated carbocycles. The summed E-state index contributed by atoms with van der Waals surface area (Å²) in [5.41, 5.74) is 3.06. The minimum absolute atomic E-state index is 0.167. The third-order valence-corrected chi connectivity index (χ3v) is 6.59. The molecule has 3 aromatic carbocycles. The molecule has 3 rings (SSSR count). The Balaban J connectivity index is 1.62. The smallest absolute Gasteiger partial charge is 0.237 e. The van der Waals surface area contributed by atoms with Crippen molar-refractivity contribution in [3.63, 3.8) is 0 Å². The molecular weight excluding hydrogens is 509 g/mol. The number of amides is 1. The Bertz CT molecular complexity index is 1110. The first-order valence-corrected chi connectivity index (χ1v) is 12.1. The van der Waals surface area contributed by atoms with Crippen molar-refractivity contribution in [3.05, 3.63) is 82.6 Å². The second-order valence-electron chi connectivity index (χ2n) is 7.10. The topological polar surface area (TPSA) is 53.2 Å². The molecule has 3 N–H and O–H groups in total. The van der Waals surface area contributed by atoms with Crippen molar-refractivity contribution in [3.8, 4) is 0 Å². The van der Waals surface area contributed by atoms with Gasteiger partial charge in [-0.15, -0.1) is 11.8 Å². The highest BCUT2D eigenvalue weighted by atomic mass is 79.9. The van der Waals surface area contributed by atoms with Gasteiger partial charge < -0.3 is 16.0 Å². The maximum absolute atomic E-state index is 14.1. The molecule has 4 nitrogen and oxygen atoms in total. The van der Waals surface area contributed by atoms with Gasteiger partial charge in [0, 0.05) is 20.7 Å². The summed E-state index contributed by atoms with van der Waals surface area (Å²) in [6.07, 6.45) is 0.597. The average molecular weight is 533 g/mol. The molecule has 1 amide bonds. The van der Waals surface area contributed by atoms with Crippen LogP contribution in [-0.2, 0) is 4.79 Å². The molecule has 0 fully saturated rings. The number of aryl methyl sites for hydroxylation is 1. The van der Waals surface area contributed by atoms with E-state index in [0.29, 0.717) is 16.0 Å². The van der Waals surface area contributed by atoms with E-state index < -0.39 is 5.82 Å². The SMILES string of the molecule is CCC(Sc1cccc(NC(=S)Nc2ccc(C)cc2)c1)C(=O)Nc1ccc(Br)cc1F. The zero-order valence-corrected chi connectivity index (χ0v) is 20.8. The summed E-state index contributed by atoms with van der Waals surface area (Å²) in [6.45, 7) is 3.96. The van der Waals surface area contributed by atoms with E-state index in [0.717, 1.165) is 16.3 Å². The van der Waals surface area contributed by atoms with Crippen molar-refractivity contribution in [1.29, 1.82) is 0 Å². The summed E-state index contributed by atoms with van der Waals surface area (Å²) in [7, 11) is 0. The fourth-order valence-electron chi connectivity index (χ4n) is 2.87. The molecule has 32 heavy (non-hydrogen) atoms. The Hall–Kier alpha value is -2.42. The zero-order chi connectivity index (χ0) is 23.1. The third-order valence-electron chi connectivity index (χ3n) is 4.53. The van der Waals surface area contributed by atoms with Gasteiger partial charge in [-0.3, -0.25) is 4.79 Å². The predicted octanol–water partition coefficient (Wildman–Crippen LogP) is 7.21. The molecule has 166 valence electrons. The van der Waals surface area contributed by atoms with Gasteiger partial charge in [0.05, 0.1) is 10.9 Å². The van der Waals surface area contributed by atoms with Crippen LogP contribution in [0.15, 0.2) is 76.1 Å². The molecule has 0 aliphatic carbocycles. The second-order valence-corrected chi connectivity index (χ2v) is 9.70. The maximum Gasteiger partial charge on any atom is 0.237 e. The lowest BCUT2D eigenvalue weighted by molar-refractivity contribution is -0.115. The molecule has 1 unspecified atom stereocenters. The van der Waals surface area contributed by atoms with Crippen molar-refractivity contribution >= 4 is 68.0 Å². The summed E-state index contributed by atoms with van der Waals surface area (Å²) in [5, 5.41) is 9.12. The van der Waals surface area contributed by atoms with Gasteiger partial charge in [-0.2, -0.15) is 0 Å². The Morgan fingerprint density at radius 2 is 1.75 bits per heavy atom. The number of hydrogen-bond donors (Lipinski definition) is 3. The van der Waals surface area contributed by atoms with Crippen LogP contribution >= 0.6 is 39.9 Å². The van der Waals surface area contributed by atoms with Crippen LogP contribution < -0.4 is 16.0 Å². The normalized spacial score (nSPS) is 11.5. The molecule has 0 radical (unpaired) electrons. The van der Waals surface area contributed by atoms with Gasteiger partial charge in [-0.1, -0.05) is 46.6 Å². The van der Waals surface area contributed by atoms with Crippen molar-refractivity contribution in [2.75, 3.05) is 16.0 Å². The molecule has 0 aromatic heterocycles. The van der Waals surface area contributed by atoms with E-state index in [-0.39, 0.29) is 16.8 Å². The van der Waals surface area contributed by atoms with Gasteiger partial charge in [0.2, 0.25) is 5.91 Å². The lowest BCUT2D eigenvalue weighted by Gasteiger charge is -2.16. The molecule has 0 bridgehead atoms. The molecular formula is C24H23BrFN3OS2. The van der Waals surface area contributed by atoms with Crippen molar-refractivity contribution in [2.24, 2.45) is 0 Å². The summed E-state index contributed by atoms with van der Waals surface area (Å²) in [5.74, 6) is -0.720. The number of nitrogens with one attached hydrogen (secondary N) is 3. The average Bonchev–Trinajstić information content (AvgIpc) is 2.75. The van der Waals surface area contributed by atoms with E-state index in [2.05, 4.69) is 31.9 Å². The van der Waals surface area contributed by atoms with Crippen LogP contribution in [0.25, 0.3) is 0 Å². The van der Waals surface area contributed by atoms with Crippen LogP contribution in [0.3, 0.4) is 0 Å². The zero-order valence-electron chi connectivity index (χ0n) is 17.6. The second kappa shape index (κ2) is 11.4. The van der Waals surface area contributed by atoms with Crippen molar-refractivity contribution < 1.29 is 9.18 Å². The number of anilines is 3. The Morgan fingerprint density at radius 3 is 2.44 bits per heavy atom. The molecule has 0 saturated heterocycles. The fraction of sp³-hybridized carbons (Fsp3) is 0.167. The highest BCUT2D eigenvalue weighted by Gasteiger charge is 2.19. The highest BCUT2D eigenvalue weighted by molar-refractivity contribution is 9.10. The van der Waals surface area contributed by atoms with Crippen LogP contribution in [0.1, 0.15) is 18.9 Å². The molecule has 0 aliphatic heterocycles. The van der Waals surface area contributed by atoms with Crippen LogP contribution in [0.2, 0.25) is 0 Å². The van der Waals surface area contributed by atoms with E-state index in [1.807, 2.05) is 62.4 Å². The first kappa shape index (κ1) is 24.2. The minimum Gasteiger partial charge on any atom is -0.332 e. The maximum atomic E-state index is 14.1. The molecule has 0 aliphatic rings. The largest absolute Gasteiger partial charge is 0.332 e. The van der Waals surface area contributed by atoms with Gasteiger partial charge in [0.1, 0.15) is 5.82 Å². The predicted molar refractivity (Wildman–Crippen MR) is 140 cm³/mol. The summed E-state index contributed by atoms with van der Waals surface area (Å²) < 4.78 is 14.7. The van der Waals surface area contributed by atoms with Gasteiger partial charge in [0.25, 0.3) is 0 Å². The van der Waals surface area contributed by atoms with E-state index in [4.69, 9.17) is 12.2 Å². The number of halogens is 2. The summed E-state index contributed by atoms with van der Waals surface area (Å²) in [6, 6.07) is 20.2. The molecule has 8 heteroatoms. The molecule has 3 aromatic rings. The van der Waals surface area contributed by atoms with E-state index in [1.54, 1.807) is 12.1 Å². The van der Waals surface area contributed by atoms with Gasteiger partial charge in [-0.05, 0) is 74.1 Å². The number of carbonyl (C=O) groups is 1. The van der Waals surface area contributed by atoms with Gasteiger partial charge in [-0.25, -0.2) is 4.39 Å². The Labute approximate surface area is 205 Å². The van der Waals surface area contributed by atoms with Crippen molar-refractivity contribution in [1.82, 2.24) is 0 Å². The standard InChI is InChI=1S/C24H23BrFN3OS2/c1-3-22(23(30)29-21-12-9-16(25)13-20(21)26)32-19-6-4-5-18(14-19)28-24(31)27-17-10-7-15(2)8-11-17/h4-14,22H,3H2,1-2H3,(H,29,30)(H2,27,28,31). The minimum atomic E-state index is -0.478. The van der Waals surface area contributed by atoms with E-state index >= 15 is 0 Å². The first-order chi connectivity index (χ1) is 15.3. The fourth-order valence-corrected chi connectivity index (χ4v) is 4.45. The monoisotopic (exact) mass is 531 g/mol. The number of rotatable bonds is 7. The lowest BCUT2D eigenvalue weighted by Crippen LogP contribution is -2.25. The number of benzene rings is 3. The van der Waals surface area contributed by atoms with Crippen LogP contribution in [-0.4, -0.2) is 16.3 Å². The molecule has 0 heterocycles. The first-order valence-electron chi connectivity index (χ1n) is 10.0. The highest BCUT2D eigenvalue weighted by Crippen LogP contribution is 2.29. The Morgan fingerprint density at radius 1 is 1.03 bits per heavy atom. The van der Waals surface area contributed by atoms with E-state index in [1.165, 1.54) is 23.4 Å². The quantitative estimate of drug-likeness (QED) is 0.222. The van der Waals surface area contributed by atoms with Gasteiger partial charge in [0.15, 0.2) is 5.11 Å². The van der Waals surface area contributed by atoms with Crippen molar-refractivity contribution in [2.45, 2.75) is 30.4 Å². The number of hydrogen-bond acceptors (Lipinski definition) is 3. The molecule has 1 atom stereocenters. The van der Waals surface area contributed by atoms with E-state index in [9.17, 15) is 9.18 Å². The number of thiocarbonyl (C=S) groups is 1. The number of carbonyl (C=O) groups excluding carboxylic acids is 1. The van der Waals surface area contributed by atoms with Crippen LogP contribution in [0, 0.1) is 12.7 Å². The summed E-state index contributed by atoms with van der Waals surface area (Å²) in [4.78, 5) is 13.6. The van der Waals surface area contributed by atoms with Crippen LogP contribution in [0.4, 0.5) is 21.5 Å². The molecule has 0 spiro atoms. The number of thioether (sulfide) groups is 1. The van der Waals surface area contributed by atoms with Crippen LogP contribution in [0.5, 0.6) is 0 Å². The van der Waals surface area contributed by atoms with Gasteiger partial charge >= 0.3 is 0 Å². The Kier molecular flexibility index (Phi) is 8.67. The third kappa shape index (κ3) is 7.05. The summed E-state index contributed by atoms with van der Waals surface area (Å²) >= 11 is 10.1. The lowest BCUT2D eigenvalue weighted by atomic mass is 10.2.